The van der Waals surface area contributed by atoms with Gasteiger partial charge in [-0.3, -0.25) is 20.2 Å². The Morgan fingerprint density at radius 1 is 1.30 bits per heavy atom. The number of anilines is 1. The molecule has 1 unspecified atom stereocenters. The summed E-state index contributed by atoms with van der Waals surface area (Å²) in [6.45, 7) is 5.71. The van der Waals surface area contributed by atoms with E-state index in [4.69, 9.17) is 12.2 Å². The van der Waals surface area contributed by atoms with Gasteiger partial charge in [0.2, 0.25) is 0 Å². The molecule has 0 radical (unpaired) electrons. The number of rotatable bonds is 5. The number of nitro benzene ring substituents is 1. The largest absolute Gasteiger partial charge is 0.506 e. The standard InChI is InChI=1S/C19H21N3O4S/c1-4-11(2)13-6-8-17(23)15(10-13)20-19(27)21-18(24)14-5-7-16(22(25)26)12(3)9-14/h5-11,23H,4H2,1-3H3,(H2,20,21,24,27). The number of nitrogens with zero attached hydrogens (tertiary/aromatic N) is 1. The molecular weight excluding hydrogens is 366 g/mol. The fourth-order valence-corrected chi connectivity index (χ4v) is 2.73. The number of nitrogens with one attached hydrogen (secondary N) is 2. The number of hydrogen-bond donors (Lipinski definition) is 3. The average molecular weight is 387 g/mol. The van der Waals surface area contributed by atoms with Crippen LogP contribution in [0.3, 0.4) is 0 Å². The summed E-state index contributed by atoms with van der Waals surface area (Å²) in [5.41, 5.74) is 2.01. The van der Waals surface area contributed by atoms with Crippen LogP contribution in [0.5, 0.6) is 5.75 Å². The number of aromatic hydroxyl groups is 1. The Morgan fingerprint density at radius 3 is 2.59 bits per heavy atom. The molecule has 3 N–H and O–H groups in total. The zero-order chi connectivity index (χ0) is 20.1. The molecule has 0 bridgehead atoms. The predicted molar refractivity (Wildman–Crippen MR) is 108 cm³/mol. The van der Waals surface area contributed by atoms with Crippen LogP contribution in [0.4, 0.5) is 11.4 Å². The Kier molecular flexibility index (Phi) is 6.46. The second-order valence-corrected chi connectivity index (χ2v) is 6.66. The van der Waals surface area contributed by atoms with Crippen LogP contribution in [0.15, 0.2) is 36.4 Å². The minimum absolute atomic E-state index is 0.0184. The number of hydrogen-bond acceptors (Lipinski definition) is 5. The van der Waals surface area contributed by atoms with Crippen molar-refractivity contribution in [3.63, 3.8) is 0 Å². The predicted octanol–water partition coefficient (Wildman–Crippen LogP) is 4.25. The van der Waals surface area contributed by atoms with Gasteiger partial charge in [-0.05, 0) is 61.3 Å². The van der Waals surface area contributed by atoms with E-state index in [1.54, 1.807) is 19.1 Å². The lowest BCUT2D eigenvalue weighted by Crippen LogP contribution is -2.34. The number of phenols is 1. The number of aryl methyl sites for hydroxylation is 1. The molecule has 8 heteroatoms. The Labute approximate surface area is 162 Å². The minimum atomic E-state index is -0.504. The van der Waals surface area contributed by atoms with Crippen molar-refractivity contribution in [2.45, 2.75) is 33.1 Å². The van der Waals surface area contributed by atoms with Gasteiger partial charge in [0.05, 0.1) is 10.6 Å². The third-order valence-corrected chi connectivity index (χ3v) is 4.54. The molecule has 0 fully saturated rings. The van der Waals surface area contributed by atoms with Gasteiger partial charge in [-0.25, -0.2) is 0 Å². The van der Waals surface area contributed by atoms with E-state index < -0.39 is 10.8 Å². The van der Waals surface area contributed by atoms with Crippen molar-refractivity contribution in [3.05, 3.63) is 63.2 Å². The van der Waals surface area contributed by atoms with Crippen LogP contribution in [0, 0.1) is 17.0 Å². The second kappa shape index (κ2) is 8.59. The minimum Gasteiger partial charge on any atom is -0.506 e. The molecule has 0 saturated heterocycles. The van der Waals surface area contributed by atoms with Crippen LogP contribution in [-0.4, -0.2) is 21.0 Å². The molecule has 0 aromatic heterocycles. The van der Waals surface area contributed by atoms with Crippen LogP contribution in [0.25, 0.3) is 0 Å². The third kappa shape index (κ3) is 5.01. The smallest absolute Gasteiger partial charge is 0.272 e. The Balaban J connectivity index is 2.10. The normalized spacial score (nSPS) is 11.5. The van der Waals surface area contributed by atoms with Crippen molar-refractivity contribution in [2.24, 2.45) is 0 Å². The van der Waals surface area contributed by atoms with Crippen LogP contribution < -0.4 is 10.6 Å². The van der Waals surface area contributed by atoms with Gasteiger partial charge in [-0.1, -0.05) is 19.9 Å². The summed E-state index contributed by atoms with van der Waals surface area (Å²) in [4.78, 5) is 22.7. The maximum atomic E-state index is 12.3. The van der Waals surface area contributed by atoms with Crippen molar-refractivity contribution >= 4 is 34.6 Å². The van der Waals surface area contributed by atoms with Crippen molar-refractivity contribution in [2.75, 3.05) is 5.32 Å². The molecule has 0 spiro atoms. The van der Waals surface area contributed by atoms with Gasteiger partial charge in [-0.15, -0.1) is 0 Å². The summed E-state index contributed by atoms with van der Waals surface area (Å²) < 4.78 is 0. The number of carbonyl (C=O) groups is 1. The van der Waals surface area contributed by atoms with Gasteiger partial charge in [0, 0.05) is 17.2 Å². The van der Waals surface area contributed by atoms with Gasteiger partial charge < -0.3 is 10.4 Å². The molecule has 27 heavy (non-hydrogen) atoms. The van der Waals surface area contributed by atoms with Gasteiger partial charge in [0.1, 0.15) is 5.75 Å². The Hall–Kier alpha value is -3.00. The molecule has 1 atom stereocenters. The molecule has 0 aliphatic heterocycles. The third-order valence-electron chi connectivity index (χ3n) is 4.33. The maximum absolute atomic E-state index is 12.3. The summed E-state index contributed by atoms with van der Waals surface area (Å²) in [7, 11) is 0. The highest BCUT2D eigenvalue weighted by Crippen LogP contribution is 2.29. The molecule has 2 rings (SSSR count). The summed E-state index contributed by atoms with van der Waals surface area (Å²) in [5.74, 6) is -0.162. The molecule has 142 valence electrons. The average Bonchev–Trinajstić information content (AvgIpc) is 2.62. The summed E-state index contributed by atoms with van der Waals surface area (Å²) in [6, 6.07) is 9.28. The van der Waals surface area contributed by atoms with Crippen LogP contribution in [0.1, 0.15) is 47.7 Å². The van der Waals surface area contributed by atoms with E-state index in [0.29, 0.717) is 17.2 Å². The van der Waals surface area contributed by atoms with E-state index in [9.17, 15) is 20.0 Å². The fourth-order valence-electron chi connectivity index (χ4n) is 2.53. The quantitative estimate of drug-likeness (QED) is 0.307. The lowest BCUT2D eigenvalue weighted by Gasteiger charge is -2.15. The summed E-state index contributed by atoms with van der Waals surface area (Å²) >= 11 is 5.15. The van der Waals surface area contributed by atoms with Gasteiger partial charge in [0.15, 0.2) is 5.11 Å². The van der Waals surface area contributed by atoms with E-state index in [0.717, 1.165) is 12.0 Å². The number of phenolic OH excluding ortho intramolecular Hbond substituents is 1. The van der Waals surface area contributed by atoms with Crippen molar-refractivity contribution < 1.29 is 14.8 Å². The van der Waals surface area contributed by atoms with E-state index in [-0.39, 0.29) is 22.1 Å². The highest BCUT2D eigenvalue weighted by atomic mass is 32.1. The molecular formula is C19H21N3O4S. The maximum Gasteiger partial charge on any atom is 0.272 e. The van der Waals surface area contributed by atoms with E-state index in [1.165, 1.54) is 18.2 Å². The lowest BCUT2D eigenvalue weighted by molar-refractivity contribution is -0.385. The van der Waals surface area contributed by atoms with Crippen LogP contribution in [-0.2, 0) is 0 Å². The number of benzene rings is 2. The van der Waals surface area contributed by atoms with E-state index >= 15 is 0 Å². The van der Waals surface area contributed by atoms with Crippen LogP contribution in [0.2, 0.25) is 0 Å². The molecule has 0 aliphatic rings. The molecule has 2 aromatic rings. The summed E-state index contributed by atoms with van der Waals surface area (Å²) in [6.07, 6.45) is 0.949. The van der Waals surface area contributed by atoms with Crippen molar-refractivity contribution in [1.82, 2.24) is 5.32 Å². The molecule has 0 aliphatic carbocycles. The monoisotopic (exact) mass is 387 g/mol. The van der Waals surface area contributed by atoms with Crippen LogP contribution >= 0.6 is 12.2 Å². The molecule has 0 saturated carbocycles. The van der Waals surface area contributed by atoms with E-state index in [1.807, 2.05) is 6.07 Å². The van der Waals surface area contributed by atoms with Gasteiger partial charge in [0.25, 0.3) is 11.6 Å². The highest BCUT2D eigenvalue weighted by molar-refractivity contribution is 7.80. The lowest BCUT2D eigenvalue weighted by atomic mass is 9.98. The first-order chi connectivity index (χ1) is 12.7. The number of nitro groups is 1. The Morgan fingerprint density at radius 2 is 2.00 bits per heavy atom. The molecule has 2 aromatic carbocycles. The van der Waals surface area contributed by atoms with Crippen molar-refractivity contribution in [3.8, 4) is 5.75 Å². The highest BCUT2D eigenvalue weighted by Gasteiger charge is 2.15. The van der Waals surface area contributed by atoms with Crippen molar-refractivity contribution in [1.29, 1.82) is 0 Å². The number of carbonyl (C=O) groups excluding carboxylic acids is 1. The van der Waals surface area contributed by atoms with Gasteiger partial charge in [-0.2, -0.15) is 0 Å². The topological polar surface area (TPSA) is 104 Å². The first-order valence-electron chi connectivity index (χ1n) is 8.43. The first-order valence-corrected chi connectivity index (χ1v) is 8.84. The van der Waals surface area contributed by atoms with E-state index in [2.05, 4.69) is 24.5 Å². The summed E-state index contributed by atoms with van der Waals surface area (Å²) in [5, 5.41) is 26.2. The Bertz CT molecular complexity index is 899. The number of thiocarbonyl (C=S) groups is 1. The molecule has 0 heterocycles. The van der Waals surface area contributed by atoms with Gasteiger partial charge >= 0.3 is 0 Å². The SMILES string of the molecule is CCC(C)c1ccc(O)c(NC(=S)NC(=O)c2ccc([N+](=O)[O-])c(C)c2)c1. The first kappa shape index (κ1) is 20.3. The number of amides is 1. The fraction of sp³-hybridized carbons (Fsp3) is 0.263. The zero-order valence-electron chi connectivity index (χ0n) is 15.3. The molecule has 1 amide bonds. The second-order valence-electron chi connectivity index (χ2n) is 6.25. The zero-order valence-corrected chi connectivity index (χ0v) is 16.1. The molecule has 7 nitrogen and oxygen atoms in total.